The maximum Gasteiger partial charge on any atom is 0.252 e. The normalized spacial score (nSPS) is 15.6. The lowest BCUT2D eigenvalue weighted by atomic mass is 10.1. The highest BCUT2D eigenvalue weighted by atomic mass is 16.5. The van der Waals surface area contributed by atoms with Gasteiger partial charge in [-0.3, -0.25) is 9.59 Å². The molecule has 2 aromatic carbocycles. The van der Waals surface area contributed by atoms with Crippen LogP contribution in [-0.4, -0.2) is 59.6 Å². The molecule has 1 atom stereocenters. The van der Waals surface area contributed by atoms with Crippen molar-refractivity contribution < 1.29 is 19.4 Å². The minimum absolute atomic E-state index is 0.00531. The van der Waals surface area contributed by atoms with E-state index in [0.717, 1.165) is 16.9 Å². The molecule has 27 heavy (non-hydrogen) atoms. The van der Waals surface area contributed by atoms with E-state index in [9.17, 15) is 14.7 Å². The lowest BCUT2D eigenvalue weighted by molar-refractivity contribution is -0.150. The van der Waals surface area contributed by atoms with E-state index >= 15 is 0 Å². The number of hydrogen-bond acceptors (Lipinski definition) is 4. The number of ether oxygens (including phenoxy) is 1. The fraction of sp³-hybridized carbons (Fsp3) is 0.333. The quantitative estimate of drug-likeness (QED) is 0.838. The summed E-state index contributed by atoms with van der Waals surface area (Å²) in [6.45, 7) is 1.33. The number of amides is 2. The molecule has 1 saturated heterocycles. The van der Waals surface area contributed by atoms with Crippen LogP contribution in [0, 0.1) is 0 Å². The topological polar surface area (TPSA) is 70.1 Å². The Morgan fingerprint density at radius 3 is 2.56 bits per heavy atom. The summed E-state index contributed by atoms with van der Waals surface area (Å²) in [6, 6.07) is 16.9. The van der Waals surface area contributed by atoms with Crippen LogP contribution < -0.4 is 4.74 Å². The van der Waals surface area contributed by atoms with Gasteiger partial charge >= 0.3 is 0 Å². The van der Waals surface area contributed by atoms with Gasteiger partial charge in [0.15, 0.2) is 0 Å². The Hall–Kier alpha value is -2.86. The van der Waals surface area contributed by atoms with E-state index in [-0.39, 0.29) is 18.9 Å². The highest BCUT2D eigenvalue weighted by Gasteiger charge is 2.30. The van der Waals surface area contributed by atoms with Crippen LogP contribution in [0.15, 0.2) is 54.6 Å². The van der Waals surface area contributed by atoms with Gasteiger partial charge in [0.05, 0.1) is 13.7 Å². The highest BCUT2D eigenvalue weighted by molar-refractivity contribution is 5.88. The van der Waals surface area contributed by atoms with Crippen molar-refractivity contribution in [3.8, 4) is 5.75 Å². The predicted octanol–water partition coefficient (Wildman–Crippen LogP) is 1.47. The first kappa shape index (κ1) is 18.9. The lowest BCUT2D eigenvalue weighted by Crippen LogP contribution is -2.54. The Morgan fingerprint density at radius 2 is 1.85 bits per heavy atom. The van der Waals surface area contributed by atoms with Gasteiger partial charge < -0.3 is 19.6 Å². The first-order valence-corrected chi connectivity index (χ1v) is 8.98. The second-order valence-electron chi connectivity index (χ2n) is 6.63. The molecule has 2 aromatic rings. The second-order valence-corrected chi connectivity index (χ2v) is 6.63. The molecule has 0 saturated carbocycles. The summed E-state index contributed by atoms with van der Waals surface area (Å²) in [6.07, 6.45) is -0.886. The largest absolute Gasteiger partial charge is 0.497 e. The number of hydrogen-bond donors (Lipinski definition) is 1. The zero-order valence-corrected chi connectivity index (χ0v) is 15.4. The minimum atomic E-state index is -1.13. The molecule has 3 rings (SSSR count). The Bertz CT molecular complexity index is 794. The fourth-order valence-corrected chi connectivity index (χ4v) is 3.19. The monoisotopic (exact) mass is 368 g/mol. The Labute approximate surface area is 159 Å². The van der Waals surface area contributed by atoms with Crippen molar-refractivity contribution >= 4 is 11.8 Å². The molecular formula is C21H24N2O4. The van der Waals surface area contributed by atoms with E-state index in [0.29, 0.717) is 19.6 Å². The van der Waals surface area contributed by atoms with Crippen molar-refractivity contribution in [1.82, 2.24) is 9.80 Å². The highest BCUT2D eigenvalue weighted by Crippen LogP contribution is 2.16. The zero-order valence-electron chi connectivity index (χ0n) is 15.4. The summed E-state index contributed by atoms with van der Waals surface area (Å²) in [4.78, 5) is 28.1. The van der Waals surface area contributed by atoms with Gasteiger partial charge in [-0.2, -0.15) is 0 Å². The Kier molecular flexibility index (Phi) is 6.08. The number of nitrogens with zero attached hydrogens (tertiary/aromatic N) is 2. The average Bonchev–Trinajstić information content (AvgIpc) is 2.70. The van der Waals surface area contributed by atoms with E-state index in [1.165, 1.54) is 4.90 Å². The third-order valence-electron chi connectivity index (χ3n) is 4.69. The van der Waals surface area contributed by atoms with Crippen LogP contribution in [0.5, 0.6) is 5.75 Å². The molecule has 1 aliphatic rings. The summed E-state index contributed by atoms with van der Waals surface area (Å²) in [5.74, 6) is 0.232. The molecule has 142 valence electrons. The van der Waals surface area contributed by atoms with Crippen molar-refractivity contribution in [3.63, 3.8) is 0 Å². The van der Waals surface area contributed by atoms with Gasteiger partial charge in [0.1, 0.15) is 11.9 Å². The summed E-state index contributed by atoms with van der Waals surface area (Å²) in [5.41, 5.74) is 1.87. The van der Waals surface area contributed by atoms with Gasteiger partial charge in [0.2, 0.25) is 5.91 Å². The van der Waals surface area contributed by atoms with Crippen molar-refractivity contribution in [3.05, 3.63) is 65.7 Å². The first-order valence-electron chi connectivity index (χ1n) is 8.98. The summed E-state index contributed by atoms with van der Waals surface area (Å²) < 4.78 is 5.21. The van der Waals surface area contributed by atoms with Crippen molar-refractivity contribution in [2.45, 2.75) is 19.1 Å². The van der Waals surface area contributed by atoms with Crippen LogP contribution in [0.3, 0.4) is 0 Å². The van der Waals surface area contributed by atoms with Gasteiger partial charge in [-0.1, -0.05) is 42.5 Å². The van der Waals surface area contributed by atoms with Gasteiger partial charge in [0.25, 0.3) is 5.91 Å². The van der Waals surface area contributed by atoms with E-state index in [1.807, 2.05) is 54.6 Å². The van der Waals surface area contributed by atoms with Crippen molar-refractivity contribution in [1.29, 1.82) is 0 Å². The number of methoxy groups -OCH3 is 1. The van der Waals surface area contributed by atoms with Crippen molar-refractivity contribution in [2.24, 2.45) is 0 Å². The van der Waals surface area contributed by atoms with E-state index in [4.69, 9.17) is 4.74 Å². The van der Waals surface area contributed by atoms with Crippen LogP contribution in [-0.2, 0) is 22.6 Å². The summed E-state index contributed by atoms with van der Waals surface area (Å²) in [7, 11) is 1.61. The van der Waals surface area contributed by atoms with E-state index in [1.54, 1.807) is 12.0 Å². The third kappa shape index (κ3) is 4.86. The van der Waals surface area contributed by atoms with E-state index in [2.05, 4.69) is 0 Å². The number of piperazine rings is 1. The molecule has 1 N–H and O–H groups in total. The molecule has 0 aliphatic carbocycles. The smallest absolute Gasteiger partial charge is 0.252 e. The molecule has 0 bridgehead atoms. The number of rotatable bonds is 6. The molecule has 0 radical (unpaired) electrons. The van der Waals surface area contributed by atoms with Gasteiger partial charge in [-0.15, -0.1) is 0 Å². The summed E-state index contributed by atoms with van der Waals surface area (Å²) >= 11 is 0. The van der Waals surface area contributed by atoms with Gasteiger partial charge in [-0.05, 0) is 23.3 Å². The maximum absolute atomic E-state index is 12.5. The van der Waals surface area contributed by atoms with Crippen LogP contribution in [0.25, 0.3) is 0 Å². The molecule has 0 spiro atoms. The van der Waals surface area contributed by atoms with E-state index < -0.39 is 12.0 Å². The van der Waals surface area contributed by atoms with Crippen LogP contribution in [0.1, 0.15) is 11.1 Å². The Balaban J connectivity index is 1.55. The lowest BCUT2D eigenvalue weighted by Gasteiger charge is -2.35. The molecule has 2 amide bonds. The van der Waals surface area contributed by atoms with Gasteiger partial charge in [0, 0.05) is 26.1 Å². The number of carbonyl (C=O) groups excluding carboxylic acids is 2. The zero-order chi connectivity index (χ0) is 19.2. The number of benzene rings is 2. The van der Waals surface area contributed by atoms with Crippen molar-refractivity contribution in [2.75, 3.05) is 26.7 Å². The molecule has 1 heterocycles. The molecule has 0 aromatic heterocycles. The average molecular weight is 368 g/mol. The SMILES string of the molecule is COc1cccc(CN2CCN(C(=O)[C@@H](O)Cc3ccccc3)CC2=O)c1. The third-order valence-corrected chi connectivity index (χ3v) is 4.69. The second kappa shape index (κ2) is 8.68. The number of aliphatic hydroxyl groups excluding tert-OH is 1. The molecule has 0 unspecified atom stereocenters. The standard InChI is InChI=1S/C21H24N2O4/c1-27-18-9-5-8-17(12-18)14-22-10-11-23(15-20(22)25)21(26)19(24)13-16-6-3-2-4-7-16/h2-9,12,19,24H,10-11,13-15H2,1H3/t19-/m0/s1. The van der Waals surface area contributed by atoms with Crippen LogP contribution >= 0.6 is 0 Å². The maximum atomic E-state index is 12.5. The molecule has 1 aliphatic heterocycles. The number of carbonyl (C=O) groups is 2. The van der Waals surface area contributed by atoms with Gasteiger partial charge in [-0.25, -0.2) is 0 Å². The Morgan fingerprint density at radius 1 is 1.11 bits per heavy atom. The molecule has 1 fully saturated rings. The van der Waals surface area contributed by atoms with Crippen LogP contribution in [0.4, 0.5) is 0 Å². The first-order chi connectivity index (χ1) is 13.1. The molecule has 6 heteroatoms. The minimum Gasteiger partial charge on any atom is -0.497 e. The molecular weight excluding hydrogens is 344 g/mol. The predicted molar refractivity (Wildman–Crippen MR) is 101 cm³/mol. The summed E-state index contributed by atoms with van der Waals surface area (Å²) in [5, 5.41) is 10.2. The molecule has 6 nitrogen and oxygen atoms in total. The fourth-order valence-electron chi connectivity index (χ4n) is 3.19. The number of aliphatic hydroxyl groups is 1. The van der Waals surface area contributed by atoms with Crippen LogP contribution in [0.2, 0.25) is 0 Å².